The van der Waals surface area contributed by atoms with Gasteiger partial charge in [0.15, 0.2) is 0 Å². The Balaban J connectivity index is 2.28. The quantitative estimate of drug-likeness (QED) is 0.778. The number of rotatable bonds is 1. The smallest absolute Gasteiger partial charge is 0.257 e. The van der Waals surface area contributed by atoms with Crippen LogP contribution >= 0.6 is 15.9 Å². The van der Waals surface area contributed by atoms with E-state index in [1.54, 1.807) is 17.0 Å². The summed E-state index contributed by atoms with van der Waals surface area (Å²) in [5.41, 5.74) is 0.153. The molecule has 2 unspecified atom stereocenters. The van der Waals surface area contributed by atoms with Crippen molar-refractivity contribution in [3.05, 3.63) is 34.1 Å². The molecule has 1 aromatic rings. The monoisotopic (exact) mass is 299 g/mol. The van der Waals surface area contributed by atoms with Gasteiger partial charge in [-0.25, -0.2) is 4.39 Å². The zero-order chi connectivity index (χ0) is 12.6. The van der Waals surface area contributed by atoms with Gasteiger partial charge in [-0.1, -0.05) is 22.9 Å². The lowest BCUT2D eigenvalue weighted by Crippen LogP contribution is -2.34. The van der Waals surface area contributed by atoms with Crippen molar-refractivity contribution < 1.29 is 9.18 Å². The zero-order valence-electron chi connectivity index (χ0n) is 9.91. The lowest BCUT2D eigenvalue weighted by molar-refractivity contribution is 0.0739. The van der Waals surface area contributed by atoms with Crippen LogP contribution in [0.15, 0.2) is 22.7 Å². The Morgan fingerprint density at radius 2 is 2.18 bits per heavy atom. The van der Waals surface area contributed by atoms with Crippen LogP contribution in [0.3, 0.4) is 0 Å². The molecule has 1 fully saturated rings. The second-order valence-electron chi connectivity index (χ2n) is 4.77. The molecule has 1 saturated heterocycles. The molecule has 1 amide bonds. The van der Waals surface area contributed by atoms with Gasteiger partial charge in [0, 0.05) is 17.1 Å². The van der Waals surface area contributed by atoms with E-state index in [9.17, 15) is 9.18 Å². The third-order valence-electron chi connectivity index (χ3n) is 3.20. The number of hydrogen-bond donors (Lipinski definition) is 0. The van der Waals surface area contributed by atoms with Gasteiger partial charge in [-0.05, 0) is 37.5 Å². The van der Waals surface area contributed by atoms with Gasteiger partial charge in [0.2, 0.25) is 0 Å². The molecule has 1 heterocycles. The fourth-order valence-electron chi connectivity index (χ4n) is 2.40. The van der Waals surface area contributed by atoms with Crippen LogP contribution in [0.4, 0.5) is 4.39 Å². The van der Waals surface area contributed by atoms with Gasteiger partial charge in [-0.3, -0.25) is 4.79 Å². The molecule has 0 aromatic heterocycles. The highest BCUT2D eigenvalue weighted by Gasteiger charge is 2.31. The zero-order valence-corrected chi connectivity index (χ0v) is 11.5. The summed E-state index contributed by atoms with van der Waals surface area (Å²) in [6.07, 6.45) is 0.987. The van der Waals surface area contributed by atoms with Crippen molar-refractivity contribution >= 4 is 21.8 Å². The normalized spacial score (nSPS) is 24.1. The van der Waals surface area contributed by atoms with E-state index in [0.717, 1.165) is 10.9 Å². The number of amides is 1. The highest BCUT2D eigenvalue weighted by molar-refractivity contribution is 9.10. The van der Waals surface area contributed by atoms with Crippen LogP contribution in [0.1, 0.15) is 30.6 Å². The van der Waals surface area contributed by atoms with Gasteiger partial charge in [-0.15, -0.1) is 0 Å². The molecule has 17 heavy (non-hydrogen) atoms. The Morgan fingerprint density at radius 1 is 1.47 bits per heavy atom. The summed E-state index contributed by atoms with van der Waals surface area (Å²) >= 11 is 3.26. The van der Waals surface area contributed by atoms with Crippen LogP contribution in [-0.4, -0.2) is 23.4 Å². The lowest BCUT2D eigenvalue weighted by atomic mass is 10.1. The number of nitrogens with zero attached hydrogens (tertiary/aromatic N) is 1. The summed E-state index contributed by atoms with van der Waals surface area (Å²) in [7, 11) is 0. The van der Waals surface area contributed by atoms with Crippen molar-refractivity contribution in [1.29, 1.82) is 0 Å². The Kier molecular flexibility index (Phi) is 3.52. The van der Waals surface area contributed by atoms with Gasteiger partial charge in [0.05, 0.1) is 5.56 Å². The minimum atomic E-state index is -0.454. The summed E-state index contributed by atoms with van der Waals surface area (Å²) in [5.74, 6) is -0.172. The first kappa shape index (κ1) is 12.6. The highest BCUT2D eigenvalue weighted by atomic mass is 79.9. The molecular formula is C13H15BrFNO. The van der Waals surface area contributed by atoms with Crippen molar-refractivity contribution in [2.45, 2.75) is 26.3 Å². The average Bonchev–Trinajstić information content (AvgIpc) is 2.60. The Bertz CT molecular complexity index is 449. The molecule has 2 rings (SSSR count). The second-order valence-corrected chi connectivity index (χ2v) is 5.69. The van der Waals surface area contributed by atoms with Crippen LogP contribution < -0.4 is 0 Å². The maximum Gasteiger partial charge on any atom is 0.257 e. The molecule has 1 aromatic carbocycles. The van der Waals surface area contributed by atoms with E-state index < -0.39 is 5.82 Å². The molecule has 0 spiro atoms. The highest BCUT2D eigenvalue weighted by Crippen LogP contribution is 2.26. The van der Waals surface area contributed by atoms with Crippen molar-refractivity contribution in [3.8, 4) is 0 Å². The molecule has 2 nitrogen and oxygen atoms in total. The topological polar surface area (TPSA) is 20.3 Å². The predicted octanol–water partition coefficient (Wildman–Crippen LogP) is 3.46. The van der Waals surface area contributed by atoms with E-state index in [0.29, 0.717) is 12.5 Å². The molecule has 0 saturated carbocycles. The van der Waals surface area contributed by atoms with Gasteiger partial charge < -0.3 is 4.90 Å². The van der Waals surface area contributed by atoms with E-state index in [1.165, 1.54) is 6.07 Å². The van der Waals surface area contributed by atoms with E-state index in [4.69, 9.17) is 0 Å². The van der Waals surface area contributed by atoms with Gasteiger partial charge >= 0.3 is 0 Å². The van der Waals surface area contributed by atoms with E-state index in [-0.39, 0.29) is 17.5 Å². The Morgan fingerprint density at radius 3 is 2.76 bits per heavy atom. The van der Waals surface area contributed by atoms with E-state index in [2.05, 4.69) is 22.9 Å². The molecule has 4 heteroatoms. The standard InChI is InChI=1S/C13H15BrFNO/c1-8-5-9(2)16(7-8)13(17)11-6-10(14)3-4-12(11)15/h3-4,6,8-9H,5,7H2,1-2H3. The second kappa shape index (κ2) is 4.77. The van der Waals surface area contributed by atoms with Crippen molar-refractivity contribution in [3.63, 3.8) is 0 Å². The van der Waals surface area contributed by atoms with E-state index >= 15 is 0 Å². The number of carbonyl (C=O) groups is 1. The molecule has 1 aliphatic heterocycles. The van der Waals surface area contributed by atoms with Crippen LogP contribution in [0.5, 0.6) is 0 Å². The molecule has 2 atom stereocenters. The molecule has 0 N–H and O–H groups in total. The van der Waals surface area contributed by atoms with E-state index in [1.807, 2.05) is 6.92 Å². The van der Waals surface area contributed by atoms with Crippen LogP contribution in [-0.2, 0) is 0 Å². The summed E-state index contributed by atoms with van der Waals surface area (Å²) in [6.45, 7) is 4.84. The predicted molar refractivity (Wildman–Crippen MR) is 68.4 cm³/mol. The summed E-state index contributed by atoms with van der Waals surface area (Å²) < 4.78 is 14.4. The van der Waals surface area contributed by atoms with Gasteiger partial charge in [-0.2, -0.15) is 0 Å². The maximum atomic E-state index is 13.6. The SMILES string of the molecule is CC1CC(C)N(C(=O)c2cc(Br)ccc2F)C1. The largest absolute Gasteiger partial charge is 0.336 e. The number of likely N-dealkylation sites (tertiary alicyclic amines) is 1. The van der Waals surface area contributed by atoms with Crippen LogP contribution in [0, 0.1) is 11.7 Å². The minimum Gasteiger partial charge on any atom is -0.336 e. The number of carbonyl (C=O) groups excluding carboxylic acids is 1. The Hall–Kier alpha value is -0.900. The van der Waals surface area contributed by atoms with Crippen LogP contribution in [0.2, 0.25) is 0 Å². The molecule has 1 aliphatic rings. The van der Waals surface area contributed by atoms with Gasteiger partial charge in [0.25, 0.3) is 5.91 Å². The first-order chi connectivity index (χ1) is 7.99. The van der Waals surface area contributed by atoms with Crippen molar-refractivity contribution in [1.82, 2.24) is 4.90 Å². The first-order valence-corrected chi connectivity index (χ1v) is 6.54. The fraction of sp³-hybridized carbons (Fsp3) is 0.462. The Labute approximate surface area is 109 Å². The average molecular weight is 300 g/mol. The third kappa shape index (κ3) is 2.51. The summed E-state index contributed by atoms with van der Waals surface area (Å²) in [6, 6.07) is 4.66. The molecule has 0 radical (unpaired) electrons. The first-order valence-electron chi connectivity index (χ1n) is 5.75. The minimum absolute atomic E-state index is 0.153. The fourth-order valence-corrected chi connectivity index (χ4v) is 2.76. The molecule has 0 aliphatic carbocycles. The molecule has 0 bridgehead atoms. The van der Waals surface area contributed by atoms with Crippen molar-refractivity contribution in [2.24, 2.45) is 5.92 Å². The number of hydrogen-bond acceptors (Lipinski definition) is 1. The molecular weight excluding hydrogens is 285 g/mol. The van der Waals surface area contributed by atoms with Crippen molar-refractivity contribution in [2.75, 3.05) is 6.54 Å². The summed E-state index contributed by atoms with van der Waals surface area (Å²) in [4.78, 5) is 14.0. The maximum absolute atomic E-state index is 13.6. The number of benzene rings is 1. The number of halogens is 2. The lowest BCUT2D eigenvalue weighted by Gasteiger charge is -2.21. The summed E-state index contributed by atoms with van der Waals surface area (Å²) in [5, 5.41) is 0. The third-order valence-corrected chi connectivity index (χ3v) is 3.70. The van der Waals surface area contributed by atoms with Crippen LogP contribution in [0.25, 0.3) is 0 Å². The van der Waals surface area contributed by atoms with Gasteiger partial charge in [0.1, 0.15) is 5.82 Å². The molecule has 92 valence electrons.